The third-order valence-electron chi connectivity index (χ3n) is 1.44. The lowest BCUT2D eigenvalue weighted by atomic mass is 10.3. The van der Waals surface area contributed by atoms with Crippen molar-refractivity contribution >= 4 is 23.4 Å². The highest BCUT2D eigenvalue weighted by molar-refractivity contribution is 6.31. The van der Waals surface area contributed by atoms with Gasteiger partial charge in [-0.05, 0) is 0 Å². The maximum atomic E-state index is 8.76. The van der Waals surface area contributed by atoms with Crippen molar-refractivity contribution in [1.29, 1.82) is 0 Å². The number of nitrogens with two attached hydrogens (primary N) is 1. The molecule has 0 bridgehead atoms. The molecule has 0 saturated carbocycles. The molecule has 1 aromatic rings. The number of aromatic nitrogens is 3. The molecular weight excluding hydrogens is 210 g/mol. The molecule has 0 aromatic carbocycles. The zero-order chi connectivity index (χ0) is 10.6. The number of nitrogen functional groups attached to an aromatic ring is 1. The monoisotopic (exact) mass is 219 g/mol. The van der Waals surface area contributed by atoms with Gasteiger partial charge in [0.2, 0.25) is 5.95 Å². The summed E-state index contributed by atoms with van der Waals surface area (Å²) < 4.78 is 0. The molecule has 0 saturated heterocycles. The van der Waals surface area contributed by atoms with Gasteiger partial charge in [0.1, 0.15) is 0 Å². The second-order valence-electron chi connectivity index (χ2n) is 2.52. The Kier molecular flexibility index (Phi) is 3.81. The zero-order valence-corrected chi connectivity index (χ0v) is 7.94. The Hall–Kier alpha value is -1.18. The molecule has 0 aliphatic carbocycles. The average molecular weight is 220 g/mol. The lowest BCUT2D eigenvalue weighted by molar-refractivity contribution is 0.203. The summed E-state index contributed by atoms with van der Waals surface area (Å²) >= 11 is 5.50. The van der Waals surface area contributed by atoms with Crippen molar-refractivity contribution in [3.05, 3.63) is 5.15 Å². The summed E-state index contributed by atoms with van der Waals surface area (Å²) in [5.41, 5.74) is 5.37. The van der Waals surface area contributed by atoms with Crippen LogP contribution in [0, 0.1) is 0 Å². The largest absolute Gasteiger partial charge is 0.394 e. The van der Waals surface area contributed by atoms with E-state index in [1.54, 1.807) is 0 Å². The Bertz CT molecular complexity index is 306. The van der Waals surface area contributed by atoms with Gasteiger partial charge in [0.15, 0.2) is 11.0 Å². The van der Waals surface area contributed by atoms with Crippen molar-refractivity contribution in [2.45, 2.75) is 6.04 Å². The van der Waals surface area contributed by atoms with Gasteiger partial charge in [0.25, 0.3) is 0 Å². The van der Waals surface area contributed by atoms with Crippen LogP contribution in [0.4, 0.5) is 11.8 Å². The van der Waals surface area contributed by atoms with E-state index in [4.69, 9.17) is 27.5 Å². The van der Waals surface area contributed by atoms with E-state index in [-0.39, 0.29) is 30.1 Å². The van der Waals surface area contributed by atoms with Crippen LogP contribution in [0.15, 0.2) is 0 Å². The number of anilines is 2. The van der Waals surface area contributed by atoms with Crippen LogP contribution >= 0.6 is 11.6 Å². The van der Waals surface area contributed by atoms with Gasteiger partial charge in [0.05, 0.1) is 19.3 Å². The number of rotatable bonds is 4. The van der Waals surface area contributed by atoms with E-state index in [1.165, 1.54) is 0 Å². The molecule has 0 aliphatic heterocycles. The molecule has 0 spiro atoms. The molecule has 1 aromatic heterocycles. The first-order valence-corrected chi connectivity index (χ1v) is 4.19. The van der Waals surface area contributed by atoms with E-state index in [1.807, 2.05) is 0 Å². The fraction of sp³-hybridized carbons (Fsp3) is 0.500. The average Bonchev–Trinajstić information content (AvgIpc) is 2.19. The van der Waals surface area contributed by atoms with Crippen molar-refractivity contribution in [3.63, 3.8) is 0 Å². The number of nitrogens with zero attached hydrogens (tertiary/aromatic N) is 3. The third kappa shape index (κ3) is 2.66. The smallest absolute Gasteiger partial charge is 0.245 e. The fourth-order valence-electron chi connectivity index (χ4n) is 0.718. The first-order chi connectivity index (χ1) is 6.67. The topological polar surface area (TPSA) is 117 Å². The lowest BCUT2D eigenvalue weighted by Gasteiger charge is -2.12. The van der Waals surface area contributed by atoms with Gasteiger partial charge in [0, 0.05) is 0 Å². The Balaban J connectivity index is 2.72. The van der Waals surface area contributed by atoms with Gasteiger partial charge < -0.3 is 21.3 Å². The Morgan fingerprint density at radius 3 is 2.50 bits per heavy atom. The van der Waals surface area contributed by atoms with E-state index in [0.717, 1.165) is 0 Å². The number of aliphatic hydroxyl groups excluding tert-OH is 2. The minimum atomic E-state index is -0.544. The summed E-state index contributed by atoms with van der Waals surface area (Å²) in [7, 11) is 0. The van der Waals surface area contributed by atoms with Crippen LogP contribution in [0.2, 0.25) is 5.15 Å². The van der Waals surface area contributed by atoms with E-state index in [2.05, 4.69) is 20.5 Å². The van der Waals surface area contributed by atoms with Gasteiger partial charge in [-0.25, -0.2) is 0 Å². The fourth-order valence-corrected chi connectivity index (χ4v) is 0.798. The van der Waals surface area contributed by atoms with Crippen LogP contribution in [0.5, 0.6) is 0 Å². The Morgan fingerprint density at radius 1 is 1.36 bits per heavy atom. The normalized spacial score (nSPS) is 10.6. The van der Waals surface area contributed by atoms with E-state index < -0.39 is 6.04 Å². The molecule has 1 heterocycles. The zero-order valence-electron chi connectivity index (χ0n) is 7.18. The minimum Gasteiger partial charge on any atom is -0.394 e. The summed E-state index contributed by atoms with van der Waals surface area (Å²) in [6, 6.07) is -0.544. The highest BCUT2D eigenvalue weighted by Gasteiger charge is 2.09. The van der Waals surface area contributed by atoms with Crippen LogP contribution in [-0.2, 0) is 0 Å². The SMILES string of the molecule is Nc1nc(NC(CO)CO)nnc1Cl. The van der Waals surface area contributed by atoms with E-state index in [9.17, 15) is 0 Å². The van der Waals surface area contributed by atoms with Crippen molar-refractivity contribution in [1.82, 2.24) is 15.2 Å². The minimum absolute atomic E-state index is 0.0140. The number of hydrogen-bond acceptors (Lipinski definition) is 7. The molecule has 0 unspecified atom stereocenters. The maximum Gasteiger partial charge on any atom is 0.245 e. The Labute approximate surface area is 84.9 Å². The molecule has 0 fully saturated rings. The van der Waals surface area contributed by atoms with Gasteiger partial charge in [-0.2, -0.15) is 4.98 Å². The van der Waals surface area contributed by atoms with Gasteiger partial charge in [-0.15, -0.1) is 10.2 Å². The maximum absolute atomic E-state index is 8.76. The molecule has 0 radical (unpaired) electrons. The molecule has 1 rings (SSSR count). The lowest BCUT2D eigenvalue weighted by Crippen LogP contribution is -2.29. The predicted octanol–water partition coefficient (Wildman–Crippen LogP) is -1.13. The van der Waals surface area contributed by atoms with Crippen molar-refractivity contribution in [2.24, 2.45) is 0 Å². The number of nitrogens with one attached hydrogen (secondary N) is 1. The van der Waals surface area contributed by atoms with Crippen molar-refractivity contribution < 1.29 is 10.2 Å². The first kappa shape index (κ1) is 10.9. The van der Waals surface area contributed by atoms with Gasteiger partial charge >= 0.3 is 0 Å². The van der Waals surface area contributed by atoms with Crippen LogP contribution in [0.3, 0.4) is 0 Å². The second kappa shape index (κ2) is 4.89. The number of halogens is 1. The summed E-state index contributed by atoms with van der Waals surface area (Å²) in [6.07, 6.45) is 0. The van der Waals surface area contributed by atoms with E-state index >= 15 is 0 Å². The van der Waals surface area contributed by atoms with Gasteiger partial charge in [-0.1, -0.05) is 11.6 Å². The molecule has 7 nitrogen and oxygen atoms in total. The summed E-state index contributed by atoms with van der Waals surface area (Å²) in [4.78, 5) is 3.75. The molecule has 5 N–H and O–H groups in total. The van der Waals surface area contributed by atoms with Crippen LogP contribution in [-0.4, -0.2) is 44.7 Å². The number of hydrogen-bond donors (Lipinski definition) is 4. The van der Waals surface area contributed by atoms with E-state index in [0.29, 0.717) is 0 Å². The summed E-state index contributed by atoms with van der Waals surface area (Å²) in [6.45, 7) is -0.495. The molecule has 78 valence electrons. The molecule has 14 heavy (non-hydrogen) atoms. The highest BCUT2D eigenvalue weighted by atomic mass is 35.5. The number of aliphatic hydroxyl groups is 2. The first-order valence-electron chi connectivity index (χ1n) is 3.81. The van der Waals surface area contributed by atoms with Crippen LogP contribution in [0.1, 0.15) is 0 Å². The van der Waals surface area contributed by atoms with Gasteiger partial charge in [-0.3, -0.25) is 0 Å². The standard InChI is InChI=1S/C6H10ClN5O2/c7-4-5(8)10-6(12-11-4)9-3(1-13)2-14/h3,13-14H,1-2H2,(H3,8,9,10,12). The highest BCUT2D eigenvalue weighted by Crippen LogP contribution is 2.12. The third-order valence-corrected chi connectivity index (χ3v) is 1.71. The van der Waals surface area contributed by atoms with Crippen LogP contribution in [0.25, 0.3) is 0 Å². The van der Waals surface area contributed by atoms with Crippen molar-refractivity contribution in [3.8, 4) is 0 Å². The summed E-state index contributed by atoms with van der Waals surface area (Å²) in [5.74, 6) is 0.152. The molecular formula is C6H10ClN5O2. The van der Waals surface area contributed by atoms with Crippen molar-refractivity contribution in [2.75, 3.05) is 24.3 Å². The van der Waals surface area contributed by atoms with Crippen LogP contribution < -0.4 is 11.1 Å². The quantitative estimate of drug-likeness (QED) is 0.506. The molecule has 0 aliphatic rings. The Morgan fingerprint density at radius 2 is 2.00 bits per heavy atom. The molecule has 0 atom stereocenters. The predicted molar refractivity (Wildman–Crippen MR) is 50.8 cm³/mol. The second-order valence-corrected chi connectivity index (χ2v) is 2.88. The summed E-state index contributed by atoms with van der Waals surface area (Å²) in [5, 5.41) is 27.2. The molecule has 0 amide bonds. The molecule has 8 heteroatoms.